The molecule has 1 saturated heterocycles. The summed E-state index contributed by atoms with van der Waals surface area (Å²) in [6, 6.07) is 6.52. The van der Waals surface area contributed by atoms with E-state index in [0.29, 0.717) is 25.8 Å². The van der Waals surface area contributed by atoms with E-state index >= 15 is 0 Å². The molecule has 47 heavy (non-hydrogen) atoms. The smallest absolute Gasteiger partial charge is 0.410 e. The highest BCUT2D eigenvalue weighted by molar-refractivity contribution is 5.95. The van der Waals surface area contributed by atoms with E-state index in [1.165, 1.54) is 12.0 Å². The second-order valence-electron chi connectivity index (χ2n) is 13.8. The molecule has 0 aromatic heterocycles. The second-order valence-corrected chi connectivity index (χ2v) is 13.8. The van der Waals surface area contributed by atoms with Crippen LogP contribution in [0.1, 0.15) is 92.6 Å². The summed E-state index contributed by atoms with van der Waals surface area (Å²) in [5.74, 6) is -3.87. The molecule has 1 aliphatic rings. The summed E-state index contributed by atoms with van der Waals surface area (Å²) in [5, 5.41) is 5.53. The fourth-order valence-electron chi connectivity index (χ4n) is 5.36. The first-order valence-corrected chi connectivity index (χ1v) is 16.4. The molecule has 12 nitrogen and oxygen atoms in total. The normalized spacial score (nSPS) is 16.6. The van der Waals surface area contributed by atoms with Crippen molar-refractivity contribution in [1.29, 1.82) is 0 Å². The van der Waals surface area contributed by atoms with E-state index in [0.717, 1.165) is 5.56 Å². The Balaban J connectivity index is 2.19. The highest BCUT2D eigenvalue weighted by Gasteiger charge is 2.38. The van der Waals surface area contributed by atoms with Crippen LogP contribution in [0.4, 0.5) is 4.79 Å². The van der Waals surface area contributed by atoms with Crippen LogP contribution in [0.3, 0.4) is 0 Å². The molecule has 0 unspecified atom stereocenters. The van der Waals surface area contributed by atoms with Gasteiger partial charge in [0.15, 0.2) is 5.78 Å². The van der Waals surface area contributed by atoms with Gasteiger partial charge in [-0.05, 0) is 63.9 Å². The van der Waals surface area contributed by atoms with Crippen LogP contribution in [-0.4, -0.2) is 77.9 Å². The Morgan fingerprint density at radius 2 is 1.64 bits per heavy atom. The molecule has 2 rings (SSSR count). The van der Waals surface area contributed by atoms with E-state index in [2.05, 4.69) is 10.6 Å². The highest BCUT2D eigenvalue weighted by atomic mass is 16.6. The molecule has 4 atom stereocenters. The molecule has 1 heterocycles. The average Bonchev–Trinajstić information content (AvgIpc) is 3.49. The van der Waals surface area contributed by atoms with Crippen LogP contribution in [0.2, 0.25) is 0 Å². The maximum absolute atomic E-state index is 13.8. The number of nitrogens with one attached hydrogen (secondary N) is 2. The number of amides is 3. The van der Waals surface area contributed by atoms with Gasteiger partial charge in [0.1, 0.15) is 24.3 Å². The number of rotatable bonds is 16. The largest absolute Gasteiger partial charge is 0.467 e. The molecule has 2 N–H and O–H groups in total. The molecule has 1 aliphatic heterocycles. The molecule has 0 spiro atoms. The Bertz CT molecular complexity index is 1230. The number of hydrogen-bond acceptors (Lipinski definition) is 9. The summed E-state index contributed by atoms with van der Waals surface area (Å²) >= 11 is 0. The fraction of sp³-hybridized carbons (Fsp3) is 0.657. The highest BCUT2D eigenvalue weighted by Crippen LogP contribution is 2.22. The van der Waals surface area contributed by atoms with Gasteiger partial charge in [-0.3, -0.25) is 24.1 Å². The fourth-order valence-corrected chi connectivity index (χ4v) is 5.36. The molecule has 1 fully saturated rings. The first kappa shape index (κ1) is 39.2. The molecule has 0 radical (unpaired) electrons. The molecular weight excluding hydrogens is 606 g/mol. The van der Waals surface area contributed by atoms with Gasteiger partial charge in [-0.25, -0.2) is 9.59 Å². The number of nitrogens with zero attached hydrogens (tertiary/aromatic N) is 1. The summed E-state index contributed by atoms with van der Waals surface area (Å²) in [4.78, 5) is 80.0. The summed E-state index contributed by atoms with van der Waals surface area (Å²) in [6.45, 7) is 12.9. The quantitative estimate of drug-likeness (QED) is 0.195. The zero-order valence-electron chi connectivity index (χ0n) is 29.1. The van der Waals surface area contributed by atoms with Crippen molar-refractivity contribution in [3.63, 3.8) is 0 Å². The number of ether oxygens (including phenoxy) is 3. The van der Waals surface area contributed by atoms with Crippen LogP contribution in [0, 0.1) is 17.8 Å². The summed E-state index contributed by atoms with van der Waals surface area (Å²) in [7, 11) is 1.22. The van der Waals surface area contributed by atoms with Gasteiger partial charge in [-0.15, -0.1) is 0 Å². The number of likely N-dealkylation sites (tertiary alicyclic amines) is 1. The van der Waals surface area contributed by atoms with Gasteiger partial charge in [-0.2, -0.15) is 0 Å². The second kappa shape index (κ2) is 18.4. The minimum absolute atomic E-state index is 0.00945. The molecule has 0 bridgehead atoms. The molecular formula is C35H53N3O9. The standard InChI is InChI=1S/C35H53N3O9/c1-22(2)19-26(36-32(42)27-15-12-18-38(27)34(44)46-21-24-13-10-9-11-14-24)28(39)20-25(16-17-29(40)47-35(5,6)7)31(41)37-30(23(3)4)33(43)45-8/h9-11,13-14,22-23,25-27,30H,12,15-21H2,1-8H3,(H,36,42)(H,37,41)/t25-,26+,27+,30+/m1/s1. The van der Waals surface area contributed by atoms with Gasteiger partial charge >= 0.3 is 18.0 Å². The van der Waals surface area contributed by atoms with Crippen molar-refractivity contribution in [1.82, 2.24) is 15.5 Å². The Morgan fingerprint density at radius 1 is 0.979 bits per heavy atom. The van der Waals surface area contributed by atoms with Crippen molar-refractivity contribution in [3.05, 3.63) is 35.9 Å². The first-order valence-electron chi connectivity index (χ1n) is 16.4. The topological polar surface area (TPSA) is 157 Å². The Labute approximate surface area is 278 Å². The molecule has 1 aromatic carbocycles. The van der Waals surface area contributed by atoms with Crippen LogP contribution in [0.25, 0.3) is 0 Å². The van der Waals surface area contributed by atoms with Gasteiger partial charge in [0, 0.05) is 25.3 Å². The molecule has 0 saturated carbocycles. The first-order chi connectivity index (χ1) is 22.0. The summed E-state index contributed by atoms with van der Waals surface area (Å²) in [5.41, 5.74) is 0.0905. The minimum atomic E-state index is -0.983. The van der Waals surface area contributed by atoms with Crippen LogP contribution in [0.15, 0.2) is 30.3 Å². The maximum Gasteiger partial charge on any atom is 0.410 e. The number of methoxy groups -OCH3 is 1. The van der Waals surface area contributed by atoms with Crippen LogP contribution in [-0.2, 0) is 44.8 Å². The van der Waals surface area contributed by atoms with Gasteiger partial charge in [0.25, 0.3) is 0 Å². The number of hydrogen-bond donors (Lipinski definition) is 2. The number of esters is 2. The number of carbonyl (C=O) groups excluding carboxylic acids is 6. The predicted octanol–water partition coefficient (Wildman–Crippen LogP) is 4.33. The zero-order valence-corrected chi connectivity index (χ0v) is 29.1. The monoisotopic (exact) mass is 659 g/mol. The lowest BCUT2D eigenvalue weighted by atomic mass is 9.89. The third-order valence-corrected chi connectivity index (χ3v) is 7.76. The van der Waals surface area contributed by atoms with E-state index in [-0.39, 0.29) is 37.7 Å². The van der Waals surface area contributed by atoms with Crippen molar-refractivity contribution in [2.24, 2.45) is 17.8 Å². The lowest BCUT2D eigenvalue weighted by Gasteiger charge is -2.28. The van der Waals surface area contributed by atoms with E-state index < -0.39 is 65.3 Å². The van der Waals surface area contributed by atoms with Gasteiger partial charge in [-0.1, -0.05) is 58.0 Å². The van der Waals surface area contributed by atoms with Gasteiger partial charge in [0.05, 0.1) is 13.2 Å². The van der Waals surface area contributed by atoms with E-state index in [1.807, 2.05) is 44.2 Å². The lowest BCUT2D eigenvalue weighted by Crippen LogP contribution is -2.52. The average molecular weight is 660 g/mol. The number of benzene rings is 1. The zero-order chi connectivity index (χ0) is 35.3. The van der Waals surface area contributed by atoms with Crippen LogP contribution < -0.4 is 10.6 Å². The third-order valence-electron chi connectivity index (χ3n) is 7.76. The SMILES string of the molecule is COC(=O)[C@@H](NC(=O)[C@H](CCC(=O)OC(C)(C)C)CC(=O)[C@H](CC(C)C)NC(=O)[C@@H]1CCCN1C(=O)OCc1ccccc1)C(C)C. The van der Waals surface area contributed by atoms with Crippen molar-refractivity contribution in [2.45, 2.75) is 117 Å². The molecule has 0 aliphatic carbocycles. The Morgan fingerprint density at radius 3 is 2.21 bits per heavy atom. The van der Waals surface area contributed by atoms with Crippen LogP contribution in [0.5, 0.6) is 0 Å². The molecule has 3 amide bonds. The van der Waals surface area contributed by atoms with Crippen molar-refractivity contribution >= 4 is 35.6 Å². The number of ketones is 1. The molecule has 262 valence electrons. The molecule has 1 aromatic rings. The summed E-state index contributed by atoms with van der Waals surface area (Å²) in [6.07, 6.45) is 0.285. The third kappa shape index (κ3) is 13.4. The van der Waals surface area contributed by atoms with Gasteiger partial charge in [0.2, 0.25) is 11.8 Å². The number of carbonyl (C=O) groups is 6. The van der Waals surface area contributed by atoms with Gasteiger partial charge < -0.3 is 24.8 Å². The Kier molecular flexibility index (Phi) is 15.4. The van der Waals surface area contributed by atoms with E-state index in [4.69, 9.17) is 14.2 Å². The summed E-state index contributed by atoms with van der Waals surface area (Å²) < 4.78 is 15.7. The van der Waals surface area contributed by atoms with E-state index in [1.54, 1.807) is 34.6 Å². The van der Waals surface area contributed by atoms with Crippen LogP contribution >= 0.6 is 0 Å². The predicted molar refractivity (Wildman–Crippen MR) is 175 cm³/mol. The van der Waals surface area contributed by atoms with Crippen molar-refractivity contribution in [3.8, 4) is 0 Å². The number of Topliss-reactive ketones (excluding diaryl/α,β-unsaturated/α-hetero) is 1. The Hall–Kier alpha value is -3.96. The minimum Gasteiger partial charge on any atom is -0.467 e. The maximum atomic E-state index is 13.8. The van der Waals surface area contributed by atoms with E-state index in [9.17, 15) is 28.8 Å². The van der Waals surface area contributed by atoms with Crippen molar-refractivity contribution in [2.75, 3.05) is 13.7 Å². The molecule has 12 heteroatoms. The lowest BCUT2D eigenvalue weighted by molar-refractivity contribution is -0.155. The van der Waals surface area contributed by atoms with Crippen molar-refractivity contribution < 1.29 is 43.0 Å².